The van der Waals surface area contributed by atoms with E-state index in [1.165, 1.54) is 13.2 Å². The van der Waals surface area contributed by atoms with Gasteiger partial charge in [0.2, 0.25) is 0 Å². The summed E-state index contributed by atoms with van der Waals surface area (Å²) in [5.74, 6) is 1.26. The first-order valence-corrected chi connectivity index (χ1v) is 9.57. The summed E-state index contributed by atoms with van der Waals surface area (Å²) in [5.41, 5.74) is 2.03. The maximum Gasteiger partial charge on any atom is 0.163 e. The molecule has 0 spiro atoms. The first kappa shape index (κ1) is 21.1. The van der Waals surface area contributed by atoms with Crippen LogP contribution in [-0.4, -0.2) is 14.2 Å². The molecule has 0 bridgehead atoms. The second-order valence-corrected chi connectivity index (χ2v) is 6.98. The topological polar surface area (TPSA) is 39.7 Å². The maximum absolute atomic E-state index is 14.0. The van der Waals surface area contributed by atoms with Gasteiger partial charge < -0.3 is 19.5 Å². The SMILES string of the molecule is COc1ccc(NCc2cc(OC)c(OCc3c(F)cccc3Cl)cc2Cl)cc1. The van der Waals surface area contributed by atoms with Gasteiger partial charge in [0.05, 0.1) is 19.2 Å². The molecule has 0 amide bonds. The van der Waals surface area contributed by atoms with Gasteiger partial charge in [-0.2, -0.15) is 0 Å². The van der Waals surface area contributed by atoms with Crippen LogP contribution in [0.5, 0.6) is 17.2 Å². The van der Waals surface area contributed by atoms with Gasteiger partial charge in [0.1, 0.15) is 18.2 Å². The number of hydrogen-bond donors (Lipinski definition) is 1. The molecule has 3 aromatic carbocycles. The van der Waals surface area contributed by atoms with Crippen LogP contribution in [0.1, 0.15) is 11.1 Å². The molecular weight excluding hydrogens is 416 g/mol. The molecule has 0 heterocycles. The lowest BCUT2D eigenvalue weighted by atomic mass is 10.2. The van der Waals surface area contributed by atoms with E-state index in [9.17, 15) is 4.39 Å². The minimum absolute atomic E-state index is 0.0400. The molecule has 0 saturated heterocycles. The van der Waals surface area contributed by atoms with E-state index in [4.69, 9.17) is 37.4 Å². The summed E-state index contributed by atoms with van der Waals surface area (Å²) in [6.07, 6.45) is 0. The van der Waals surface area contributed by atoms with E-state index < -0.39 is 5.82 Å². The summed E-state index contributed by atoms with van der Waals surface area (Å²) < 4.78 is 30.3. The normalized spacial score (nSPS) is 10.5. The highest BCUT2D eigenvalue weighted by molar-refractivity contribution is 6.31. The summed E-state index contributed by atoms with van der Waals surface area (Å²) in [5, 5.41) is 4.10. The molecule has 3 rings (SSSR count). The van der Waals surface area contributed by atoms with E-state index in [-0.39, 0.29) is 12.2 Å². The Morgan fingerprint density at radius 2 is 1.66 bits per heavy atom. The summed E-state index contributed by atoms with van der Waals surface area (Å²) in [6.45, 7) is 0.447. The van der Waals surface area contributed by atoms with Crippen LogP contribution < -0.4 is 19.5 Å². The Balaban J connectivity index is 1.72. The van der Waals surface area contributed by atoms with Gasteiger partial charge in [-0.25, -0.2) is 4.39 Å². The number of nitrogens with one attached hydrogen (secondary N) is 1. The molecule has 0 aliphatic carbocycles. The first-order valence-electron chi connectivity index (χ1n) is 8.82. The number of benzene rings is 3. The number of hydrogen-bond acceptors (Lipinski definition) is 4. The lowest BCUT2D eigenvalue weighted by Crippen LogP contribution is -2.04. The van der Waals surface area contributed by atoms with E-state index in [0.717, 1.165) is 17.0 Å². The van der Waals surface area contributed by atoms with E-state index in [1.807, 2.05) is 24.3 Å². The van der Waals surface area contributed by atoms with Crippen molar-refractivity contribution >= 4 is 28.9 Å². The van der Waals surface area contributed by atoms with Gasteiger partial charge in [-0.15, -0.1) is 0 Å². The minimum Gasteiger partial charge on any atom is -0.497 e. The molecule has 4 nitrogen and oxygen atoms in total. The molecule has 152 valence electrons. The molecule has 0 aliphatic rings. The van der Waals surface area contributed by atoms with E-state index in [2.05, 4.69) is 5.32 Å². The number of anilines is 1. The summed E-state index contributed by atoms with van der Waals surface area (Å²) in [4.78, 5) is 0. The molecule has 0 saturated carbocycles. The molecular formula is C22H20Cl2FNO3. The van der Waals surface area contributed by atoms with Crippen LogP contribution in [0.2, 0.25) is 10.0 Å². The minimum atomic E-state index is -0.428. The van der Waals surface area contributed by atoms with Crippen LogP contribution in [0.25, 0.3) is 0 Å². The second kappa shape index (κ2) is 9.72. The average Bonchev–Trinajstić information content (AvgIpc) is 2.73. The predicted molar refractivity (Wildman–Crippen MR) is 114 cm³/mol. The highest BCUT2D eigenvalue weighted by atomic mass is 35.5. The van der Waals surface area contributed by atoms with Crippen LogP contribution in [0.15, 0.2) is 54.6 Å². The third-order valence-electron chi connectivity index (χ3n) is 4.34. The monoisotopic (exact) mass is 435 g/mol. The van der Waals surface area contributed by atoms with Crippen molar-refractivity contribution in [2.75, 3.05) is 19.5 Å². The van der Waals surface area contributed by atoms with Crippen molar-refractivity contribution in [2.24, 2.45) is 0 Å². The van der Waals surface area contributed by atoms with Gasteiger partial charge in [0.15, 0.2) is 11.5 Å². The Labute approximate surface area is 179 Å². The predicted octanol–water partition coefficient (Wildman–Crippen LogP) is 6.34. The third-order valence-corrected chi connectivity index (χ3v) is 5.05. The molecule has 7 heteroatoms. The second-order valence-electron chi connectivity index (χ2n) is 6.17. The van der Waals surface area contributed by atoms with E-state index >= 15 is 0 Å². The third kappa shape index (κ3) is 5.25. The molecule has 29 heavy (non-hydrogen) atoms. The highest BCUT2D eigenvalue weighted by Gasteiger charge is 2.13. The van der Waals surface area contributed by atoms with Crippen molar-refractivity contribution in [3.05, 3.63) is 81.6 Å². The fourth-order valence-electron chi connectivity index (χ4n) is 2.71. The van der Waals surface area contributed by atoms with Crippen molar-refractivity contribution in [1.29, 1.82) is 0 Å². The quantitative estimate of drug-likeness (QED) is 0.447. The summed E-state index contributed by atoms with van der Waals surface area (Å²) >= 11 is 12.5. The molecule has 0 aliphatic heterocycles. The number of ether oxygens (including phenoxy) is 3. The number of rotatable bonds is 8. The Kier molecular flexibility index (Phi) is 7.07. The zero-order valence-corrected chi connectivity index (χ0v) is 17.5. The lowest BCUT2D eigenvalue weighted by Gasteiger charge is -2.15. The van der Waals surface area contributed by atoms with E-state index in [1.54, 1.807) is 31.4 Å². The van der Waals surface area contributed by atoms with Crippen LogP contribution in [-0.2, 0) is 13.2 Å². The van der Waals surface area contributed by atoms with Gasteiger partial charge in [0, 0.05) is 28.9 Å². The Bertz CT molecular complexity index is 960. The molecule has 1 N–H and O–H groups in total. The number of halogens is 3. The molecule has 3 aromatic rings. The van der Waals surface area contributed by atoms with Gasteiger partial charge in [0.25, 0.3) is 0 Å². The van der Waals surface area contributed by atoms with Crippen molar-refractivity contribution in [2.45, 2.75) is 13.2 Å². The average molecular weight is 436 g/mol. The molecule has 0 atom stereocenters. The maximum atomic E-state index is 14.0. The molecule has 0 fully saturated rings. The van der Waals surface area contributed by atoms with Gasteiger partial charge in [-0.1, -0.05) is 29.3 Å². The fourth-order valence-corrected chi connectivity index (χ4v) is 3.15. The van der Waals surface area contributed by atoms with Crippen molar-refractivity contribution in [3.63, 3.8) is 0 Å². The van der Waals surface area contributed by atoms with Crippen molar-refractivity contribution < 1.29 is 18.6 Å². The molecule has 0 unspecified atom stereocenters. The Morgan fingerprint density at radius 3 is 2.31 bits per heavy atom. The zero-order chi connectivity index (χ0) is 20.8. The summed E-state index contributed by atoms with van der Waals surface area (Å²) in [6, 6.07) is 15.5. The highest BCUT2D eigenvalue weighted by Crippen LogP contribution is 2.35. The van der Waals surface area contributed by atoms with Gasteiger partial charge in [-0.05, 0) is 48.0 Å². The fraction of sp³-hybridized carbons (Fsp3) is 0.182. The van der Waals surface area contributed by atoms with Gasteiger partial charge >= 0.3 is 0 Å². The zero-order valence-electron chi connectivity index (χ0n) is 16.0. The standard InChI is InChI=1S/C22H20Cl2FNO3/c1-27-16-8-6-15(7-9-16)26-12-14-10-21(28-2)22(11-19(14)24)29-13-17-18(23)4-3-5-20(17)25/h3-11,26H,12-13H2,1-2H3. The number of methoxy groups -OCH3 is 2. The Morgan fingerprint density at radius 1 is 0.897 bits per heavy atom. The van der Waals surface area contributed by atoms with Crippen LogP contribution in [0, 0.1) is 5.82 Å². The van der Waals surface area contributed by atoms with Crippen LogP contribution >= 0.6 is 23.2 Å². The van der Waals surface area contributed by atoms with Gasteiger partial charge in [-0.3, -0.25) is 0 Å². The largest absolute Gasteiger partial charge is 0.497 e. The van der Waals surface area contributed by atoms with Crippen LogP contribution in [0.3, 0.4) is 0 Å². The lowest BCUT2D eigenvalue weighted by molar-refractivity contribution is 0.279. The summed E-state index contributed by atoms with van der Waals surface area (Å²) in [7, 11) is 3.16. The smallest absolute Gasteiger partial charge is 0.163 e. The van der Waals surface area contributed by atoms with Crippen LogP contribution in [0.4, 0.5) is 10.1 Å². The Hall–Kier alpha value is -2.63. The molecule has 0 aromatic heterocycles. The van der Waals surface area contributed by atoms with E-state index in [0.29, 0.717) is 28.1 Å². The van der Waals surface area contributed by atoms with Crippen molar-refractivity contribution in [1.82, 2.24) is 0 Å². The molecule has 0 radical (unpaired) electrons. The van der Waals surface area contributed by atoms with Crippen molar-refractivity contribution in [3.8, 4) is 17.2 Å². The first-order chi connectivity index (χ1) is 14.0.